The van der Waals surface area contributed by atoms with Crippen LogP contribution in [-0.2, 0) is 0 Å². The van der Waals surface area contributed by atoms with Crippen molar-refractivity contribution < 1.29 is 4.39 Å². The van der Waals surface area contributed by atoms with E-state index >= 15 is 0 Å². The highest BCUT2D eigenvalue weighted by Crippen LogP contribution is 2.25. The van der Waals surface area contributed by atoms with E-state index in [-0.39, 0.29) is 10.6 Å². The quantitative estimate of drug-likeness (QED) is 0.457. The van der Waals surface area contributed by atoms with Crippen LogP contribution in [0.3, 0.4) is 0 Å². The Hall–Kier alpha value is -2.69. The molecule has 4 rings (SSSR count). The van der Waals surface area contributed by atoms with Crippen molar-refractivity contribution in [2.24, 2.45) is 0 Å². The molecule has 0 N–H and O–H groups in total. The molecule has 1 heterocycles. The summed E-state index contributed by atoms with van der Waals surface area (Å²) in [5, 5.41) is 0.741. The summed E-state index contributed by atoms with van der Waals surface area (Å²) in [5.74, 6) is -0.116. The van der Waals surface area contributed by atoms with Gasteiger partial charge in [0.2, 0.25) is 0 Å². The minimum atomic E-state index is -0.554. The lowest BCUT2D eigenvalue weighted by molar-refractivity contribution is 0.627. The van der Waals surface area contributed by atoms with Crippen molar-refractivity contribution in [3.63, 3.8) is 0 Å². The molecule has 128 valence electrons. The zero-order valence-electron chi connectivity index (χ0n) is 13.3. The van der Waals surface area contributed by atoms with E-state index in [0.717, 1.165) is 5.56 Å². The van der Waals surface area contributed by atoms with E-state index in [1.165, 1.54) is 22.8 Å². The molecule has 0 saturated carbocycles. The minimum absolute atomic E-state index is 0.0698. The van der Waals surface area contributed by atoms with Crippen LogP contribution in [-0.4, -0.2) is 9.55 Å². The molecule has 0 radical (unpaired) electrons. The molecule has 0 amide bonds. The Morgan fingerprint density at radius 2 is 1.69 bits per heavy atom. The van der Waals surface area contributed by atoms with E-state index in [2.05, 4.69) is 4.98 Å². The van der Waals surface area contributed by atoms with Crippen molar-refractivity contribution in [2.45, 2.75) is 0 Å². The molecule has 0 bridgehead atoms. The minimum Gasteiger partial charge on any atom is -0.268 e. The molecule has 0 saturated heterocycles. The molecule has 1 aromatic heterocycles. The molecule has 0 atom stereocenters. The van der Waals surface area contributed by atoms with Gasteiger partial charge in [0.25, 0.3) is 5.56 Å². The van der Waals surface area contributed by atoms with Gasteiger partial charge in [0.1, 0.15) is 11.6 Å². The fraction of sp³-hybridized carbons (Fsp3) is 0. The van der Waals surface area contributed by atoms with Gasteiger partial charge in [-0.05, 0) is 36.4 Å². The van der Waals surface area contributed by atoms with E-state index in [0.29, 0.717) is 27.4 Å². The largest absolute Gasteiger partial charge is 0.268 e. The lowest BCUT2D eigenvalue weighted by Gasteiger charge is -2.14. The van der Waals surface area contributed by atoms with Crippen LogP contribution in [0.5, 0.6) is 0 Å². The summed E-state index contributed by atoms with van der Waals surface area (Å²) in [6, 6.07) is 18.4. The summed E-state index contributed by atoms with van der Waals surface area (Å²) in [4.78, 5) is 17.8. The zero-order valence-corrected chi connectivity index (χ0v) is 14.8. The summed E-state index contributed by atoms with van der Waals surface area (Å²) in [6.45, 7) is 0. The second-order valence-electron chi connectivity index (χ2n) is 5.70. The highest BCUT2D eigenvalue weighted by Gasteiger charge is 2.15. The van der Waals surface area contributed by atoms with Gasteiger partial charge in [-0.3, -0.25) is 9.36 Å². The number of benzene rings is 3. The van der Waals surface area contributed by atoms with Gasteiger partial charge >= 0.3 is 0 Å². The van der Waals surface area contributed by atoms with E-state index in [4.69, 9.17) is 23.2 Å². The second-order valence-corrected chi connectivity index (χ2v) is 6.55. The first-order valence-electron chi connectivity index (χ1n) is 7.78. The van der Waals surface area contributed by atoms with Crippen molar-refractivity contribution in [2.75, 3.05) is 0 Å². The molecule has 0 aliphatic carbocycles. The first-order valence-corrected chi connectivity index (χ1v) is 8.53. The molecule has 3 aromatic carbocycles. The van der Waals surface area contributed by atoms with Gasteiger partial charge in [-0.1, -0.05) is 53.5 Å². The lowest BCUT2D eigenvalue weighted by Crippen LogP contribution is -2.22. The lowest BCUT2D eigenvalue weighted by atomic mass is 10.1. The van der Waals surface area contributed by atoms with Crippen molar-refractivity contribution in [3.05, 3.63) is 92.9 Å². The predicted octanol–water partition coefficient (Wildman–Crippen LogP) is 5.50. The Morgan fingerprint density at radius 3 is 2.42 bits per heavy atom. The summed E-state index contributed by atoms with van der Waals surface area (Å²) in [5.41, 5.74) is 1.40. The molecule has 0 aliphatic heterocycles. The Kier molecular flexibility index (Phi) is 4.23. The second kappa shape index (κ2) is 6.56. The van der Waals surface area contributed by atoms with Gasteiger partial charge in [-0.2, -0.15) is 0 Å². The molecule has 3 nitrogen and oxygen atoms in total. The van der Waals surface area contributed by atoms with E-state index in [1.807, 2.05) is 30.3 Å². The Balaban J connectivity index is 2.13. The van der Waals surface area contributed by atoms with Crippen molar-refractivity contribution in [3.8, 4) is 17.1 Å². The average Bonchev–Trinajstić information content (AvgIpc) is 2.65. The molecular weight excluding hydrogens is 374 g/mol. The molecule has 4 aromatic rings. The summed E-state index contributed by atoms with van der Waals surface area (Å²) < 4.78 is 15.0. The summed E-state index contributed by atoms with van der Waals surface area (Å²) in [6.07, 6.45) is 0. The molecule has 0 unspecified atom stereocenters. The van der Waals surface area contributed by atoms with Crippen molar-refractivity contribution in [1.29, 1.82) is 0 Å². The maximum atomic E-state index is 13.6. The standard InChI is InChI=1S/C20H11Cl2FN2O/c21-13-6-9-18-15(10-13)20(26)25(14-7-8-17(23)16(22)11-14)19(24-18)12-4-2-1-3-5-12/h1-11H. The van der Waals surface area contributed by atoms with Crippen LogP contribution in [0.1, 0.15) is 0 Å². The smallest absolute Gasteiger partial charge is 0.266 e. The van der Waals surface area contributed by atoms with Gasteiger partial charge in [-0.25, -0.2) is 9.37 Å². The number of halogens is 3. The number of rotatable bonds is 2. The normalized spacial score (nSPS) is 11.0. The van der Waals surface area contributed by atoms with Crippen LogP contribution < -0.4 is 5.56 Å². The van der Waals surface area contributed by atoms with Crippen LogP contribution in [0.2, 0.25) is 10.0 Å². The molecule has 0 aliphatic rings. The molecular formula is C20H11Cl2FN2O. The van der Waals surface area contributed by atoms with Crippen molar-refractivity contribution >= 4 is 34.1 Å². The van der Waals surface area contributed by atoms with E-state index < -0.39 is 5.82 Å². The summed E-state index contributed by atoms with van der Waals surface area (Å²) in [7, 11) is 0. The maximum absolute atomic E-state index is 13.6. The Labute approximate surface area is 158 Å². The van der Waals surface area contributed by atoms with Crippen LogP contribution in [0.4, 0.5) is 4.39 Å². The Bertz CT molecular complexity index is 1190. The molecule has 0 spiro atoms. The maximum Gasteiger partial charge on any atom is 0.266 e. The monoisotopic (exact) mass is 384 g/mol. The van der Waals surface area contributed by atoms with Crippen LogP contribution in [0, 0.1) is 5.82 Å². The molecule has 0 fully saturated rings. The third kappa shape index (κ3) is 2.87. The first kappa shape index (κ1) is 16.8. The fourth-order valence-corrected chi connectivity index (χ4v) is 3.15. The highest BCUT2D eigenvalue weighted by atomic mass is 35.5. The molecule has 6 heteroatoms. The first-order chi connectivity index (χ1) is 12.5. The average molecular weight is 385 g/mol. The SMILES string of the molecule is O=c1c2cc(Cl)ccc2nc(-c2ccccc2)n1-c1ccc(F)c(Cl)c1. The van der Waals surface area contributed by atoms with Crippen LogP contribution in [0.25, 0.3) is 28.0 Å². The third-order valence-corrected chi connectivity index (χ3v) is 4.55. The number of fused-ring (bicyclic) bond motifs is 1. The Morgan fingerprint density at radius 1 is 0.923 bits per heavy atom. The van der Waals surface area contributed by atoms with E-state index in [9.17, 15) is 9.18 Å². The van der Waals surface area contributed by atoms with Gasteiger partial charge in [0, 0.05) is 10.6 Å². The number of hydrogen-bond acceptors (Lipinski definition) is 2. The number of aromatic nitrogens is 2. The van der Waals surface area contributed by atoms with E-state index in [1.54, 1.807) is 18.2 Å². The van der Waals surface area contributed by atoms with Gasteiger partial charge in [0.15, 0.2) is 0 Å². The number of nitrogens with zero attached hydrogens (tertiary/aromatic N) is 2. The number of hydrogen-bond donors (Lipinski definition) is 0. The van der Waals surface area contributed by atoms with Crippen LogP contribution >= 0.6 is 23.2 Å². The van der Waals surface area contributed by atoms with Crippen molar-refractivity contribution in [1.82, 2.24) is 9.55 Å². The summed E-state index contributed by atoms with van der Waals surface area (Å²) >= 11 is 12.0. The predicted molar refractivity (Wildman–Crippen MR) is 103 cm³/mol. The van der Waals surface area contributed by atoms with Crippen LogP contribution in [0.15, 0.2) is 71.5 Å². The zero-order chi connectivity index (χ0) is 18.3. The van der Waals surface area contributed by atoms with Gasteiger partial charge < -0.3 is 0 Å². The fourth-order valence-electron chi connectivity index (χ4n) is 2.80. The highest BCUT2D eigenvalue weighted by molar-refractivity contribution is 6.31. The van der Waals surface area contributed by atoms with Gasteiger partial charge in [0.05, 0.1) is 21.6 Å². The van der Waals surface area contributed by atoms with Gasteiger partial charge in [-0.15, -0.1) is 0 Å². The molecule has 26 heavy (non-hydrogen) atoms. The topological polar surface area (TPSA) is 34.9 Å². The third-order valence-electron chi connectivity index (χ3n) is 4.02.